The van der Waals surface area contributed by atoms with E-state index in [2.05, 4.69) is 15.9 Å². The number of hydrogen-bond donors (Lipinski definition) is 1. The Balaban J connectivity index is 1.81. The van der Waals surface area contributed by atoms with Gasteiger partial charge in [-0.3, -0.25) is 0 Å². The summed E-state index contributed by atoms with van der Waals surface area (Å²) < 4.78 is 24.4. The maximum absolute atomic E-state index is 13.1. The van der Waals surface area contributed by atoms with Crippen LogP contribution in [0.25, 0.3) is 0 Å². The molecule has 0 fully saturated rings. The topological polar surface area (TPSA) is 61.6 Å². The first-order chi connectivity index (χ1) is 10.1. The summed E-state index contributed by atoms with van der Waals surface area (Å²) in [5, 5.41) is 0. The van der Waals surface area contributed by atoms with Gasteiger partial charge in [0.1, 0.15) is 24.8 Å². The molecule has 2 aromatic rings. The van der Waals surface area contributed by atoms with Gasteiger partial charge in [0.2, 0.25) is 0 Å². The third-order valence-electron chi connectivity index (χ3n) is 2.63. The number of nitrogen functional groups attached to an aromatic ring is 1. The Labute approximate surface area is 129 Å². The first kappa shape index (κ1) is 15.3. The second-order valence-electron chi connectivity index (χ2n) is 4.17. The van der Waals surface area contributed by atoms with Crippen LogP contribution < -0.4 is 10.5 Å². The zero-order valence-electron chi connectivity index (χ0n) is 11.0. The van der Waals surface area contributed by atoms with Crippen LogP contribution in [0.2, 0.25) is 0 Å². The van der Waals surface area contributed by atoms with Crippen molar-refractivity contribution in [2.24, 2.45) is 0 Å². The maximum Gasteiger partial charge on any atom is 0.340 e. The highest BCUT2D eigenvalue weighted by Gasteiger charge is 2.12. The lowest BCUT2D eigenvalue weighted by Gasteiger charge is -2.08. The van der Waals surface area contributed by atoms with Crippen molar-refractivity contribution in [1.29, 1.82) is 0 Å². The van der Waals surface area contributed by atoms with Crippen molar-refractivity contribution < 1.29 is 18.7 Å². The second-order valence-corrected chi connectivity index (χ2v) is 5.09. The van der Waals surface area contributed by atoms with E-state index in [1.807, 2.05) is 12.1 Å². The molecule has 0 amide bonds. The van der Waals surface area contributed by atoms with Crippen molar-refractivity contribution in [1.82, 2.24) is 0 Å². The Morgan fingerprint density at radius 1 is 1.14 bits per heavy atom. The Hall–Kier alpha value is -2.08. The minimum Gasteiger partial charge on any atom is -0.490 e. The van der Waals surface area contributed by atoms with E-state index >= 15 is 0 Å². The minimum absolute atomic E-state index is 0.0126. The fourth-order valence-electron chi connectivity index (χ4n) is 1.61. The number of carbonyl (C=O) groups is 1. The van der Waals surface area contributed by atoms with Crippen molar-refractivity contribution in [2.45, 2.75) is 0 Å². The van der Waals surface area contributed by atoms with Gasteiger partial charge in [-0.05, 0) is 42.5 Å². The monoisotopic (exact) mass is 353 g/mol. The highest BCUT2D eigenvalue weighted by molar-refractivity contribution is 9.10. The van der Waals surface area contributed by atoms with Gasteiger partial charge in [-0.15, -0.1) is 0 Å². The van der Waals surface area contributed by atoms with E-state index in [4.69, 9.17) is 15.2 Å². The second kappa shape index (κ2) is 7.08. The SMILES string of the molecule is Nc1ccc(F)cc1C(=O)OCCOc1ccc(Br)cc1. The lowest BCUT2D eigenvalue weighted by atomic mass is 10.2. The summed E-state index contributed by atoms with van der Waals surface area (Å²) >= 11 is 3.32. The molecular formula is C15H13BrFNO3. The lowest BCUT2D eigenvalue weighted by Crippen LogP contribution is -2.14. The van der Waals surface area contributed by atoms with Gasteiger partial charge in [-0.25, -0.2) is 9.18 Å². The number of rotatable bonds is 5. The molecule has 2 aromatic carbocycles. The highest BCUT2D eigenvalue weighted by Crippen LogP contribution is 2.16. The molecule has 0 bridgehead atoms. The molecule has 6 heteroatoms. The van der Waals surface area contributed by atoms with E-state index in [0.717, 1.165) is 10.5 Å². The number of esters is 1. The van der Waals surface area contributed by atoms with Crippen LogP contribution in [0.15, 0.2) is 46.9 Å². The van der Waals surface area contributed by atoms with Crippen LogP contribution >= 0.6 is 15.9 Å². The normalized spacial score (nSPS) is 10.2. The van der Waals surface area contributed by atoms with Gasteiger partial charge in [0.05, 0.1) is 5.56 Å². The average Bonchev–Trinajstić information content (AvgIpc) is 2.47. The van der Waals surface area contributed by atoms with Crippen LogP contribution in [0.3, 0.4) is 0 Å². The number of carbonyl (C=O) groups excluding carboxylic acids is 1. The van der Waals surface area contributed by atoms with Gasteiger partial charge in [0.15, 0.2) is 0 Å². The van der Waals surface area contributed by atoms with E-state index in [-0.39, 0.29) is 24.5 Å². The minimum atomic E-state index is -0.675. The lowest BCUT2D eigenvalue weighted by molar-refractivity contribution is 0.0451. The number of benzene rings is 2. The van der Waals surface area contributed by atoms with Gasteiger partial charge in [-0.2, -0.15) is 0 Å². The predicted octanol–water partition coefficient (Wildman–Crippen LogP) is 3.41. The molecule has 21 heavy (non-hydrogen) atoms. The van der Waals surface area contributed by atoms with Gasteiger partial charge >= 0.3 is 5.97 Å². The van der Waals surface area contributed by atoms with Crippen molar-refractivity contribution in [3.63, 3.8) is 0 Å². The number of ether oxygens (including phenoxy) is 2. The number of halogens is 2. The number of hydrogen-bond acceptors (Lipinski definition) is 4. The highest BCUT2D eigenvalue weighted by atomic mass is 79.9. The van der Waals surface area contributed by atoms with Crippen molar-refractivity contribution in [3.8, 4) is 5.75 Å². The quantitative estimate of drug-likeness (QED) is 0.508. The molecule has 0 radical (unpaired) electrons. The molecule has 0 saturated heterocycles. The molecule has 0 spiro atoms. The van der Waals surface area contributed by atoms with Crippen LogP contribution in [0.1, 0.15) is 10.4 Å². The summed E-state index contributed by atoms with van der Waals surface area (Å²) in [5.41, 5.74) is 5.79. The molecule has 110 valence electrons. The summed E-state index contributed by atoms with van der Waals surface area (Å²) in [6, 6.07) is 10.8. The predicted molar refractivity (Wildman–Crippen MR) is 80.7 cm³/mol. The summed E-state index contributed by atoms with van der Waals surface area (Å²) in [7, 11) is 0. The van der Waals surface area contributed by atoms with Gasteiger partial charge < -0.3 is 15.2 Å². The van der Waals surface area contributed by atoms with E-state index in [1.54, 1.807) is 12.1 Å². The first-order valence-electron chi connectivity index (χ1n) is 6.17. The molecule has 0 aliphatic heterocycles. The fraction of sp³-hybridized carbons (Fsp3) is 0.133. The van der Waals surface area contributed by atoms with Gasteiger partial charge in [0, 0.05) is 10.2 Å². The molecule has 0 heterocycles. The largest absolute Gasteiger partial charge is 0.490 e. The molecule has 4 nitrogen and oxygen atoms in total. The van der Waals surface area contributed by atoms with Crippen molar-refractivity contribution in [3.05, 3.63) is 58.3 Å². The van der Waals surface area contributed by atoms with E-state index in [9.17, 15) is 9.18 Å². The molecule has 0 saturated carbocycles. The smallest absolute Gasteiger partial charge is 0.340 e. The maximum atomic E-state index is 13.1. The number of nitrogens with two attached hydrogens (primary N) is 1. The molecule has 0 unspecified atom stereocenters. The van der Waals surface area contributed by atoms with Crippen LogP contribution in [0.5, 0.6) is 5.75 Å². The van der Waals surface area contributed by atoms with Crippen molar-refractivity contribution >= 4 is 27.6 Å². The van der Waals surface area contributed by atoms with Gasteiger partial charge in [-0.1, -0.05) is 15.9 Å². The Kier molecular flexibility index (Phi) is 5.16. The van der Waals surface area contributed by atoms with Crippen LogP contribution in [-0.2, 0) is 4.74 Å². The Morgan fingerprint density at radius 3 is 2.57 bits per heavy atom. The van der Waals surface area contributed by atoms with E-state index in [1.165, 1.54) is 12.1 Å². The van der Waals surface area contributed by atoms with Gasteiger partial charge in [0.25, 0.3) is 0 Å². The first-order valence-corrected chi connectivity index (χ1v) is 6.96. The molecule has 0 aliphatic rings. The Bertz CT molecular complexity index is 631. The van der Waals surface area contributed by atoms with Crippen LogP contribution in [0, 0.1) is 5.82 Å². The zero-order chi connectivity index (χ0) is 15.2. The average molecular weight is 354 g/mol. The Morgan fingerprint density at radius 2 is 1.86 bits per heavy atom. The van der Waals surface area contributed by atoms with E-state index < -0.39 is 11.8 Å². The standard InChI is InChI=1S/C15H13BrFNO3/c16-10-1-4-12(5-2-10)20-7-8-21-15(19)13-9-11(17)3-6-14(13)18/h1-6,9H,7-8,18H2. The number of anilines is 1. The third kappa shape index (κ3) is 4.46. The fourth-order valence-corrected chi connectivity index (χ4v) is 1.87. The molecular weight excluding hydrogens is 341 g/mol. The summed E-state index contributed by atoms with van der Waals surface area (Å²) in [6.45, 7) is 0.243. The van der Waals surface area contributed by atoms with Crippen molar-refractivity contribution in [2.75, 3.05) is 18.9 Å². The summed E-state index contributed by atoms with van der Waals surface area (Å²) in [5.74, 6) is -0.548. The molecule has 0 aliphatic carbocycles. The van der Waals surface area contributed by atoms with Crippen LogP contribution in [0.4, 0.5) is 10.1 Å². The summed E-state index contributed by atoms with van der Waals surface area (Å²) in [6.07, 6.45) is 0. The zero-order valence-corrected chi connectivity index (χ0v) is 12.6. The molecule has 2 rings (SSSR count). The van der Waals surface area contributed by atoms with E-state index in [0.29, 0.717) is 5.75 Å². The van der Waals surface area contributed by atoms with Crippen LogP contribution in [-0.4, -0.2) is 19.2 Å². The molecule has 2 N–H and O–H groups in total. The molecule has 0 atom stereocenters. The summed E-state index contributed by atoms with van der Waals surface area (Å²) in [4.78, 5) is 11.7. The molecule has 0 aromatic heterocycles. The third-order valence-corrected chi connectivity index (χ3v) is 3.16.